The molecule has 0 aromatic heterocycles. The lowest BCUT2D eigenvalue weighted by Crippen LogP contribution is -2.27. The number of aliphatic hydroxyl groups excluding tert-OH is 1. The Labute approximate surface area is 327 Å². The molecule has 1 N–H and O–H groups in total. The minimum atomic E-state index is -0.568. The zero-order valence-electron chi connectivity index (χ0n) is 34.0. The third-order valence-corrected chi connectivity index (χ3v) is 8.28. The van der Waals surface area contributed by atoms with Gasteiger partial charge in [-0.15, -0.1) is 0 Å². The van der Waals surface area contributed by atoms with Gasteiger partial charge in [0.2, 0.25) is 0 Å². The van der Waals surface area contributed by atoms with E-state index in [2.05, 4.69) is 135 Å². The molecule has 0 heterocycles. The molecule has 0 aromatic carbocycles. The maximum atomic E-state index is 12.2. The second kappa shape index (κ2) is 44.9. The maximum absolute atomic E-state index is 12.2. The molecule has 1 unspecified atom stereocenters. The first-order chi connectivity index (χ1) is 26.2. The normalized spacial score (nSPS) is 13.6. The number of hydrogen-bond acceptors (Lipinski definition) is 4. The van der Waals surface area contributed by atoms with Gasteiger partial charge in [-0.1, -0.05) is 167 Å². The molecule has 0 aromatic rings. The molecular formula is C49H78O4. The van der Waals surface area contributed by atoms with E-state index in [0.717, 1.165) is 116 Å². The number of carbonyl (C=O) groups is 1. The molecule has 0 amide bonds. The summed E-state index contributed by atoms with van der Waals surface area (Å²) in [5.74, 6) is -0.238. The van der Waals surface area contributed by atoms with Crippen molar-refractivity contribution in [1.29, 1.82) is 0 Å². The van der Waals surface area contributed by atoms with Gasteiger partial charge in [0.25, 0.3) is 0 Å². The number of rotatable bonds is 37. The highest BCUT2D eigenvalue weighted by Gasteiger charge is 2.13. The number of allylic oxidation sites excluding steroid dienone is 20. The van der Waals surface area contributed by atoms with Gasteiger partial charge in [-0.2, -0.15) is 0 Å². The van der Waals surface area contributed by atoms with Crippen molar-refractivity contribution in [3.63, 3.8) is 0 Å². The highest BCUT2D eigenvalue weighted by atomic mass is 16.6. The first-order valence-electron chi connectivity index (χ1n) is 21.1. The van der Waals surface area contributed by atoms with Crippen LogP contribution in [0.25, 0.3) is 0 Å². The van der Waals surface area contributed by atoms with E-state index < -0.39 is 6.10 Å². The molecule has 53 heavy (non-hydrogen) atoms. The van der Waals surface area contributed by atoms with Crippen LogP contribution in [-0.4, -0.2) is 37.0 Å². The van der Waals surface area contributed by atoms with Gasteiger partial charge in [0.05, 0.1) is 13.2 Å². The number of aliphatic hydroxyl groups is 1. The van der Waals surface area contributed by atoms with Gasteiger partial charge in [0.15, 0.2) is 0 Å². The summed E-state index contributed by atoms with van der Waals surface area (Å²) < 4.78 is 11.1. The van der Waals surface area contributed by atoms with Crippen molar-refractivity contribution < 1.29 is 19.4 Å². The minimum Gasteiger partial charge on any atom is -0.457 e. The van der Waals surface area contributed by atoms with Crippen molar-refractivity contribution in [2.45, 2.75) is 161 Å². The smallest absolute Gasteiger partial charge is 0.306 e. The van der Waals surface area contributed by atoms with Crippen LogP contribution in [0.1, 0.15) is 155 Å². The van der Waals surface area contributed by atoms with E-state index in [1.54, 1.807) is 0 Å². The van der Waals surface area contributed by atoms with Crippen molar-refractivity contribution in [2.75, 3.05) is 19.8 Å². The fourth-order valence-corrected chi connectivity index (χ4v) is 5.20. The molecule has 4 nitrogen and oxygen atoms in total. The first-order valence-corrected chi connectivity index (χ1v) is 21.1. The van der Waals surface area contributed by atoms with E-state index in [0.29, 0.717) is 13.0 Å². The molecule has 0 fully saturated rings. The molecular weight excluding hydrogens is 653 g/mol. The SMILES string of the molecule is CC/C=C\C/C=C\C/C=C\C/C=C\C/C=C\C/C=C\CCCCCCC(=O)OC(CO)COCCCCCCC/C=C\C/C=C\C/C=C\C/C=C\CC. The predicted molar refractivity (Wildman–Crippen MR) is 232 cm³/mol. The summed E-state index contributed by atoms with van der Waals surface area (Å²) in [7, 11) is 0. The van der Waals surface area contributed by atoms with E-state index in [9.17, 15) is 9.90 Å². The predicted octanol–water partition coefficient (Wildman–Crippen LogP) is 14.1. The minimum absolute atomic E-state index is 0.199. The first kappa shape index (κ1) is 49.8. The lowest BCUT2D eigenvalue weighted by Gasteiger charge is -2.15. The largest absolute Gasteiger partial charge is 0.457 e. The van der Waals surface area contributed by atoms with E-state index in [1.807, 2.05) is 0 Å². The molecule has 0 aliphatic rings. The molecule has 0 aliphatic heterocycles. The van der Waals surface area contributed by atoms with E-state index in [4.69, 9.17) is 9.47 Å². The van der Waals surface area contributed by atoms with Gasteiger partial charge in [0.1, 0.15) is 6.10 Å². The van der Waals surface area contributed by atoms with E-state index in [-0.39, 0.29) is 19.2 Å². The Hall–Kier alpha value is -3.21. The van der Waals surface area contributed by atoms with Crippen molar-refractivity contribution in [3.8, 4) is 0 Å². The molecule has 0 radical (unpaired) electrons. The summed E-state index contributed by atoms with van der Waals surface area (Å²) in [5.41, 5.74) is 0. The van der Waals surface area contributed by atoms with Crippen LogP contribution in [0.3, 0.4) is 0 Å². The zero-order chi connectivity index (χ0) is 38.4. The molecule has 0 saturated heterocycles. The third-order valence-electron chi connectivity index (χ3n) is 8.28. The number of ether oxygens (including phenoxy) is 2. The van der Waals surface area contributed by atoms with Gasteiger partial charge in [0, 0.05) is 13.0 Å². The lowest BCUT2D eigenvalue weighted by atomic mass is 10.1. The molecule has 0 saturated carbocycles. The van der Waals surface area contributed by atoms with Crippen LogP contribution >= 0.6 is 0 Å². The monoisotopic (exact) mass is 731 g/mol. The Morgan fingerprint density at radius 1 is 0.453 bits per heavy atom. The van der Waals surface area contributed by atoms with Crippen LogP contribution < -0.4 is 0 Å². The quantitative estimate of drug-likeness (QED) is 0.0393. The average molecular weight is 731 g/mol. The Kier molecular flexibility index (Phi) is 42.2. The number of unbranched alkanes of at least 4 members (excludes halogenated alkanes) is 9. The van der Waals surface area contributed by atoms with E-state index in [1.165, 1.54) is 19.3 Å². The van der Waals surface area contributed by atoms with Crippen LogP contribution in [0.4, 0.5) is 0 Å². The lowest BCUT2D eigenvalue weighted by molar-refractivity contribution is -0.154. The number of carbonyl (C=O) groups excluding carboxylic acids is 1. The fraction of sp³-hybridized carbons (Fsp3) is 0.571. The topological polar surface area (TPSA) is 55.8 Å². The Morgan fingerprint density at radius 3 is 1.19 bits per heavy atom. The Balaban J connectivity index is 3.61. The van der Waals surface area contributed by atoms with Gasteiger partial charge in [-0.05, 0) is 103 Å². The van der Waals surface area contributed by atoms with Gasteiger partial charge in [-0.3, -0.25) is 4.79 Å². The summed E-state index contributed by atoms with van der Waals surface area (Å²) in [6.07, 6.45) is 66.8. The highest BCUT2D eigenvalue weighted by molar-refractivity contribution is 5.69. The molecule has 298 valence electrons. The van der Waals surface area contributed by atoms with Crippen molar-refractivity contribution in [1.82, 2.24) is 0 Å². The molecule has 0 rings (SSSR count). The van der Waals surface area contributed by atoms with Gasteiger partial charge in [-0.25, -0.2) is 0 Å². The average Bonchev–Trinajstić information content (AvgIpc) is 3.16. The van der Waals surface area contributed by atoms with Crippen LogP contribution in [-0.2, 0) is 14.3 Å². The van der Waals surface area contributed by atoms with Crippen molar-refractivity contribution in [2.24, 2.45) is 0 Å². The molecule has 0 spiro atoms. The Bertz CT molecular complexity index is 1080. The Morgan fingerprint density at radius 2 is 0.792 bits per heavy atom. The van der Waals surface area contributed by atoms with E-state index >= 15 is 0 Å². The molecule has 1 atom stereocenters. The van der Waals surface area contributed by atoms with Gasteiger partial charge < -0.3 is 14.6 Å². The number of hydrogen-bond donors (Lipinski definition) is 1. The maximum Gasteiger partial charge on any atom is 0.306 e. The summed E-state index contributed by atoms with van der Waals surface area (Å²) in [6, 6.07) is 0. The summed E-state index contributed by atoms with van der Waals surface area (Å²) >= 11 is 0. The number of esters is 1. The third kappa shape index (κ3) is 43.1. The summed E-state index contributed by atoms with van der Waals surface area (Å²) in [6.45, 7) is 5.02. The molecule has 4 heteroatoms. The molecule has 0 bridgehead atoms. The standard InChI is InChI=1S/C49H78O4/c1-3-5-7-9-11-13-15-17-19-21-23-24-25-26-27-28-30-32-34-36-38-40-42-44-49(51)53-48(46-50)47-52-45-43-41-39-37-35-33-31-29-22-20-18-16-14-12-10-8-6-4-2/h5-8,11-14,17-20,23-24,26-27,29-32,48,50H,3-4,9-10,15-16,21-22,25,28,33-47H2,1-2H3/b7-5-,8-6-,13-11-,14-12-,19-17-,20-18-,24-23-,27-26-,31-29-,32-30-. The summed E-state index contributed by atoms with van der Waals surface area (Å²) in [5, 5.41) is 9.60. The second-order valence-corrected chi connectivity index (χ2v) is 13.3. The van der Waals surface area contributed by atoms with Gasteiger partial charge >= 0.3 is 5.97 Å². The second-order valence-electron chi connectivity index (χ2n) is 13.3. The van der Waals surface area contributed by atoms with Crippen LogP contribution in [0.15, 0.2) is 122 Å². The van der Waals surface area contributed by atoms with Crippen molar-refractivity contribution in [3.05, 3.63) is 122 Å². The van der Waals surface area contributed by atoms with Crippen LogP contribution in [0, 0.1) is 0 Å². The summed E-state index contributed by atoms with van der Waals surface area (Å²) in [4.78, 5) is 12.2. The molecule has 0 aliphatic carbocycles. The fourth-order valence-electron chi connectivity index (χ4n) is 5.20. The van der Waals surface area contributed by atoms with Crippen LogP contribution in [0.2, 0.25) is 0 Å². The van der Waals surface area contributed by atoms with Crippen molar-refractivity contribution >= 4 is 5.97 Å². The zero-order valence-corrected chi connectivity index (χ0v) is 34.0. The van der Waals surface area contributed by atoms with Crippen LogP contribution in [0.5, 0.6) is 0 Å². The highest BCUT2D eigenvalue weighted by Crippen LogP contribution is 2.10.